The van der Waals surface area contributed by atoms with Crippen LogP contribution in [0.1, 0.15) is 58.1 Å². The van der Waals surface area contributed by atoms with Crippen LogP contribution in [0.15, 0.2) is 24.4 Å². The topological polar surface area (TPSA) is 42.1 Å². The molecule has 0 aliphatic heterocycles. The number of nitrogens with two attached hydrogens (primary N) is 1. The van der Waals surface area contributed by atoms with Crippen molar-refractivity contribution in [2.45, 2.75) is 65.0 Å². The molecule has 0 saturated carbocycles. The molecule has 0 amide bonds. The maximum Gasteiger partial charge on any atom is 0.0544 e. The molecule has 1 unspecified atom stereocenters. The van der Waals surface area contributed by atoms with Gasteiger partial charge in [-0.2, -0.15) is 0 Å². The van der Waals surface area contributed by atoms with Crippen molar-refractivity contribution in [3.63, 3.8) is 0 Å². The van der Waals surface area contributed by atoms with Gasteiger partial charge in [-0.25, -0.2) is 0 Å². The molecule has 1 aromatic heterocycles. The van der Waals surface area contributed by atoms with Gasteiger partial charge in [-0.3, -0.25) is 9.88 Å². The third-order valence-electron chi connectivity index (χ3n) is 3.93. The van der Waals surface area contributed by atoms with Gasteiger partial charge >= 0.3 is 0 Å². The summed E-state index contributed by atoms with van der Waals surface area (Å²) in [6.45, 7) is 7.16. The molecule has 0 aliphatic carbocycles. The summed E-state index contributed by atoms with van der Waals surface area (Å²) in [7, 11) is 0. The summed E-state index contributed by atoms with van der Waals surface area (Å²) in [4.78, 5) is 6.88. The van der Waals surface area contributed by atoms with Crippen molar-refractivity contribution in [1.82, 2.24) is 9.88 Å². The Morgan fingerprint density at radius 3 is 2.55 bits per heavy atom. The number of hydrogen-bond acceptors (Lipinski definition) is 3. The lowest BCUT2D eigenvalue weighted by Crippen LogP contribution is -2.40. The van der Waals surface area contributed by atoms with E-state index >= 15 is 0 Å². The highest BCUT2D eigenvalue weighted by molar-refractivity contribution is 5.03. The zero-order valence-electron chi connectivity index (χ0n) is 13.2. The quantitative estimate of drug-likeness (QED) is 0.628. The zero-order chi connectivity index (χ0) is 14.6. The van der Waals surface area contributed by atoms with E-state index in [1.54, 1.807) is 0 Å². The molecule has 0 aromatic carbocycles. The van der Waals surface area contributed by atoms with Crippen molar-refractivity contribution in [2.75, 3.05) is 13.1 Å². The second kappa shape index (κ2) is 10.8. The maximum absolute atomic E-state index is 5.98. The molecule has 2 N–H and O–H groups in total. The summed E-state index contributed by atoms with van der Waals surface area (Å²) < 4.78 is 0. The fourth-order valence-corrected chi connectivity index (χ4v) is 2.63. The molecule has 20 heavy (non-hydrogen) atoms. The van der Waals surface area contributed by atoms with Gasteiger partial charge in [0.1, 0.15) is 0 Å². The SMILES string of the molecule is CCCCCCCC(CN)N(CC)Cc1ccccn1. The summed E-state index contributed by atoms with van der Waals surface area (Å²) in [5.41, 5.74) is 7.12. The molecule has 114 valence electrons. The highest BCUT2D eigenvalue weighted by Crippen LogP contribution is 2.13. The van der Waals surface area contributed by atoms with Crippen LogP contribution in [0.5, 0.6) is 0 Å². The van der Waals surface area contributed by atoms with Crippen LogP contribution in [-0.2, 0) is 6.54 Å². The number of pyridine rings is 1. The van der Waals surface area contributed by atoms with Crippen LogP contribution in [0.2, 0.25) is 0 Å². The minimum Gasteiger partial charge on any atom is -0.329 e. The number of aromatic nitrogens is 1. The van der Waals surface area contributed by atoms with Gasteiger partial charge in [-0.05, 0) is 25.1 Å². The average molecular weight is 277 g/mol. The third-order valence-corrected chi connectivity index (χ3v) is 3.93. The number of unbranched alkanes of at least 4 members (excludes halogenated alkanes) is 4. The van der Waals surface area contributed by atoms with Gasteiger partial charge in [0.15, 0.2) is 0 Å². The minimum absolute atomic E-state index is 0.489. The van der Waals surface area contributed by atoms with Crippen molar-refractivity contribution in [2.24, 2.45) is 5.73 Å². The standard InChI is InChI=1S/C17H31N3/c1-3-5-6-7-8-12-17(14-18)20(4-2)15-16-11-9-10-13-19-16/h9-11,13,17H,3-8,12,14-15,18H2,1-2H3. The monoisotopic (exact) mass is 277 g/mol. The summed E-state index contributed by atoms with van der Waals surface area (Å²) in [5.74, 6) is 0. The Hall–Kier alpha value is -0.930. The van der Waals surface area contributed by atoms with Crippen molar-refractivity contribution in [3.05, 3.63) is 30.1 Å². The normalized spacial score (nSPS) is 12.8. The van der Waals surface area contributed by atoms with E-state index in [4.69, 9.17) is 5.73 Å². The van der Waals surface area contributed by atoms with E-state index in [0.717, 1.165) is 25.3 Å². The zero-order valence-corrected chi connectivity index (χ0v) is 13.2. The Bertz CT molecular complexity index is 326. The molecule has 1 aromatic rings. The molecule has 3 heteroatoms. The number of likely N-dealkylation sites (N-methyl/N-ethyl adjacent to an activating group) is 1. The summed E-state index contributed by atoms with van der Waals surface area (Å²) in [6.07, 6.45) is 9.73. The third kappa shape index (κ3) is 6.49. The molecule has 0 radical (unpaired) electrons. The Labute approximate surface area is 124 Å². The average Bonchev–Trinajstić information content (AvgIpc) is 2.50. The Morgan fingerprint density at radius 2 is 1.95 bits per heavy atom. The lowest BCUT2D eigenvalue weighted by molar-refractivity contribution is 0.186. The van der Waals surface area contributed by atoms with Crippen LogP contribution in [0.25, 0.3) is 0 Å². The molecule has 0 bridgehead atoms. The number of hydrogen-bond donors (Lipinski definition) is 1. The second-order valence-electron chi connectivity index (χ2n) is 5.48. The first kappa shape index (κ1) is 17.1. The largest absolute Gasteiger partial charge is 0.329 e. The van der Waals surface area contributed by atoms with E-state index in [1.165, 1.54) is 38.5 Å². The van der Waals surface area contributed by atoms with Gasteiger partial charge in [0.25, 0.3) is 0 Å². The van der Waals surface area contributed by atoms with Crippen LogP contribution < -0.4 is 5.73 Å². The van der Waals surface area contributed by atoms with Crippen LogP contribution in [-0.4, -0.2) is 29.0 Å². The predicted molar refractivity (Wildman–Crippen MR) is 86.5 cm³/mol. The summed E-state index contributed by atoms with van der Waals surface area (Å²) >= 11 is 0. The molecule has 0 aliphatic rings. The van der Waals surface area contributed by atoms with E-state index in [0.29, 0.717) is 6.04 Å². The van der Waals surface area contributed by atoms with Gasteiger partial charge in [0.05, 0.1) is 5.69 Å². The van der Waals surface area contributed by atoms with Crippen LogP contribution in [0, 0.1) is 0 Å². The molecule has 0 fully saturated rings. The first-order valence-electron chi connectivity index (χ1n) is 8.15. The van der Waals surface area contributed by atoms with E-state index in [-0.39, 0.29) is 0 Å². The van der Waals surface area contributed by atoms with Crippen molar-refractivity contribution < 1.29 is 0 Å². The van der Waals surface area contributed by atoms with Gasteiger partial charge in [0.2, 0.25) is 0 Å². The van der Waals surface area contributed by atoms with Crippen LogP contribution >= 0.6 is 0 Å². The van der Waals surface area contributed by atoms with E-state index < -0.39 is 0 Å². The Morgan fingerprint density at radius 1 is 1.15 bits per heavy atom. The first-order valence-corrected chi connectivity index (χ1v) is 8.15. The van der Waals surface area contributed by atoms with E-state index in [2.05, 4.69) is 35.9 Å². The summed E-state index contributed by atoms with van der Waals surface area (Å²) in [5, 5.41) is 0. The molecule has 1 rings (SSSR count). The molecule has 3 nitrogen and oxygen atoms in total. The Kier molecular flexibility index (Phi) is 9.25. The van der Waals surface area contributed by atoms with Crippen molar-refractivity contribution >= 4 is 0 Å². The van der Waals surface area contributed by atoms with Gasteiger partial charge in [-0.15, -0.1) is 0 Å². The molecule has 1 atom stereocenters. The van der Waals surface area contributed by atoms with Crippen molar-refractivity contribution in [3.8, 4) is 0 Å². The highest BCUT2D eigenvalue weighted by atomic mass is 15.2. The lowest BCUT2D eigenvalue weighted by Gasteiger charge is -2.29. The smallest absolute Gasteiger partial charge is 0.0544 e. The first-order chi connectivity index (χ1) is 9.81. The van der Waals surface area contributed by atoms with Crippen LogP contribution in [0.3, 0.4) is 0 Å². The summed E-state index contributed by atoms with van der Waals surface area (Å²) in [6, 6.07) is 6.60. The minimum atomic E-state index is 0.489. The van der Waals surface area contributed by atoms with E-state index in [1.807, 2.05) is 12.3 Å². The van der Waals surface area contributed by atoms with Crippen LogP contribution in [0.4, 0.5) is 0 Å². The molecule has 0 spiro atoms. The predicted octanol–water partition coefficient (Wildman–Crippen LogP) is 3.59. The van der Waals surface area contributed by atoms with E-state index in [9.17, 15) is 0 Å². The van der Waals surface area contributed by atoms with Gasteiger partial charge in [0, 0.05) is 25.3 Å². The molecular formula is C17H31N3. The molecule has 0 saturated heterocycles. The number of rotatable bonds is 11. The van der Waals surface area contributed by atoms with Crippen molar-refractivity contribution in [1.29, 1.82) is 0 Å². The lowest BCUT2D eigenvalue weighted by atomic mass is 10.0. The van der Waals surface area contributed by atoms with Gasteiger partial charge < -0.3 is 5.73 Å². The molecule has 1 heterocycles. The maximum atomic E-state index is 5.98. The van der Waals surface area contributed by atoms with Gasteiger partial charge in [-0.1, -0.05) is 52.0 Å². The fourth-order valence-electron chi connectivity index (χ4n) is 2.63. The molecular weight excluding hydrogens is 246 g/mol. The number of nitrogens with zero attached hydrogens (tertiary/aromatic N) is 2. The fraction of sp³-hybridized carbons (Fsp3) is 0.706. The Balaban J connectivity index is 2.39. The highest BCUT2D eigenvalue weighted by Gasteiger charge is 2.15. The second-order valence-corrected chi connectivity index (χ2v) is 5.48.